The molecule has 4 rings (SSSR count). The Kier molecular flexibility index (Phi) is 6.72. The van der Waals surface area contributed by atoms with E-state index in [1.54, 1.807) is 57.7 Å². The highest BCUT2D eigenvalue weighted by molar-refractivity contribution is 6.30. The summed E-state index contributed by atoms with van der Waals surface area (Å²) in [6.07, 6.45) is 1.26. The number of nitrogens with zero attached hydrogens (tertiary/aromatic N) is 2. The van der Waals surface area contributed by atoms with E-state index in [-0.39, 0.29) is 12.1 Å². The Bertz CT molecular complexity index is 1350. The van der Waals surface area contributed by atoms with Gasteiger partial charge in [-0.15, -0.1) is 0 Å². The van der Waals surface area contributed by atoms with Gasteiger partial charge in [0.1, 0.15) is 11.4 Å². The third-order valence-corrected chi connectivity index (χ3v) is 5.88. The van der Waals surface area contributed by atoms with E-state index in [0.29, 0.717) is 16.5 Å². The number of benzene rings is 2. The van der Waals surface area contributed by atoms with Crippen LogP contribution in [-0.2, 0) is 11.8 Å². The number of aryl methyl sites for hydroxylation is 1. The van der Waals surface area contributed by atoms with Crippen LogP contribution in [0.25, 0.3) is 11.1 Å². The average molecular weight is 494 g/mol. The lowest BCUT2D eigenvalue weighted by Gasteiger charge is -2.21. The summed E-state index contributed by atoms with van der Waals surface area (Å²) in [5.41, 5.74) is 4.10. The first kappa shape index (κ1) is 24.5. The van der Waals surface area contributed by atoms with Gasteiger partial charge in [0, 0.05) is 47.6 Å². The lowest BCUT2D eigenvalue weighted by Crippen LogP contribution is -2.35. The number of halogens is 1. The number of ether oxygens (including phenoxy) is 2. The van der Waals surface area contributed by atoms with Crippen molar-refractivity contribution in [3.63, 3.8) is 0 Å². The number of pyridine rings is 1. The molecular weight excluding hydrogens is 466 g/mol. The van der Waals surface area contributed by atoms with E-state index in [0.717, 1.165) is 27.8 Å². The number of aliphatic imine (C=N–C) groups is 1. The number of carbonyl (C=O) groups excluding carboxylic acids is 1. The lowest BCUT2D eigenvalue weighted by molar-refractivity contribution is 0.0524. The van der Waals surface area contributed by atoms with Gasteiger partial charge in [0.25, 0.3) is 5.56 Å². The lowest BCUT2D eigenvalue weighted by atomic mass is 9.92. The SMILES string of the molecule is COc1ccc2c(c1)C(c1ccc(Cl)cc1)=NC(CNC(=O)OC(C)(C)C)c1cc(=O)n(C)cc1-2. The summed E-state index contributed by atoms with van der Waals surface area (Å²) in [5.74, 6) is 0.683. The molecule has 0 saturated heterocycles. The maximum Gasteiger partial charge on any atom is 0.407 e. The number of hydrogen-bond donors (Lipinski definition) is 1. The first-order valence-corrected chi connectivity index (χ1v) is 11.6. The van der Waals surface area contributed by atoms with Crippen LogP contribution < -0.4 is 15.6 Å². The van der Waals surface area contributed by atoms with Gasteiger partial charge in [0.2, 0.25) is 0 Å². The van der Waals surface area contributed by atoms with Crippen LogP contribution in [0.2, 0.25) is 5.02 Å². The van der Waals surface area contributed by atoms with E-state index in [4.69, 9.17) is 26.1 Å². The molecule has 0 bridgehead atoms. The zero-order chi connectivity index (χ0) is 25.3. The van der Waals surface area contributed by atoms with Gasteiger partial charge in [-0.05, 0) is 62.2 Å². The fourth-order valence-electron chi connectivity index (χ4n) is 4.01. The molecule has 1 aliphatic heterocycles. The molecule has 35 heavy (non-hydrogen) atoms. The number of methoxy groups -OCH3 is 1. The number of aromatic nitrogens is 1. The van der Waals surface area contributed by atoms with Gasteiger partial charge in [-0.3, -0.25) is 9.79 Å². The van der Waals surface area contributed by atoms with Gasteiger partial charge in [0.05, 0.1) is 18.9 Å². The molecule has 0 saturated carbocycles. The number of rotatable bonds is 4. The molecule has 0 fully saturated rings. The standard InChI is InChI=1S/C27H28ClN3O4/c1-27(2,3)35-26(33)29-14-23-20-13-24(32)31(4)15-22(20)19-11-10-18(34-5)12-21(19)25(30-23)16-6-8-17(28)9-7-16/h6-13,15,23H,14H2,1-5H3,(H,29,33). The molecule has 3 aromatic rings. The number of amides is 1. The van der Waals surface area contributed by atoms with Crippen molar-refractivity contribution in [2.24, 2.45) is 12.0 Å². The van der Waals surface area contributed by atoms with Crippen LogP contribution in [0.1, 0.15) is 43.5 Å². The summed E-state index contributed by atoms with van der Waals surface area (Å²) >= 11 is 6.15. The molecule has 1 unspecified atom stereocenters. The van der Waals surface area contributed by atoms with Crippen LogP contribution in [0.5, 0.6) is 5.75 Å². The Balaban J connectivity index is 1.90. The number of fused-ring (bicyclic) bond motifs is 3. The molecule has 182 valence electrons. The highest BCUT2D eigenvalue weighted by atomic mass is 35.5. The molecule has 0 aliphatic carbocycles. The molecule has 0 radical (unpaired) electrons. The number of alkyl carbamates (subject to hydrolysis) is 1. The van der Waals surface area contributed by atoms with E-state index >= 15 is 0 Å². The van der Waals surface area contributed by atoms with Crippen molar-refractivity contribution in [3.8, 4) is 16.9 Å². The van der Waals surface area contributed by atoms with Gasteiger partial charge in [-0.2, -0.15) is 0 Å². The zero-order valence-corrected chi connectivity index (χ0v) is 21.1. The first-order valence-electron chi connectivity index (χ1n) is 11.3. The van der Waals surface area contributed by atoms with Crippen LogP contribution in [0, 0.1) is 0 Å². The minimum Gasteiger partial charge on any atom is -0.497 e. The molecule has 1 aliphatic rings. The van der Waals surface area contributed by atoms with Crippen molar-refractivity contribution in [3.05, 3.63) is 86.8 Å². The fraction of sp³-hybridized carbons (Fsp3) is 0.296. The van der Waals surface area contributed by atoms with Crippen LogP contribution in [0.3, 0.4) is 0 Å². The second-order valence-corrected chi connectivity index (χ2v) is 9.82. The third kappa shape index (κ3) is 5.41. The van der Waals surface area contributed by atoms with Crippen molar-refractivity contribution < 1.29 is 14.3 Å². The average Bonchev–Trinajstić information content (AvgIpc) is 2.92. The topological polar surface area (TPSA) is 81.9 Å². The number of carbonyl (C=O) groups is 1. The van der Waals surface area contributed by atoms with Gasteiger partial charge < -0.3 is 19.4 Å². The van der Waals surface area contributed by atoms with Crippen molar-refractivity contribution in [1.82, 2.24) is 9.88 Å². The number of nitrogens with one attached hydrogen (secondary N) is 1. The summed E-state index contributed by atoms with van der Waals surface area (Å²) in [4.78, 5) is 30.1. The Morgan fingerprint density at radius 2 is 1.80 bits per heavy atom. The molecule has 2 heterocycles. The van der Waals surface area contributed by atoms with Crippen molar-refractivity contribution in [2.75, 3.05) is 13.7 Å². The van der Waals surface area contributed by atoms with E-state index in [1.165, 1.54) is 0 Å². The van der Waals surface area contributed by atoms with Gasteiger partial charge in [-0.1, -0.05) is 23.7 Å². The largest absolute Gasteiger partial charge is 0.497 e. The summed E-state index contributed by atoms with van der Waals surface area (Å²) in [5, 5.41) is 3.43. The highest BCUT2D eigenvalue weighted by Crippen LogP contribution is 2.38. The van der Waals surface area contributed by atoms with E-state index in [9.17, 15) is 9.59 Å². The second-order valence-electron chi connectivity index (χ2n) is 9.39. The third-order valence-electron chi connectivity index (χ3n) is 5.63. The number of hydrogen-bond acceptors (Lipinski definition) is 5. The zero-order valence-electron chi connectivity index (χ0n) is 20.4. The van der Waals surface area contributed by atoms with Crippen LogP contribution in [0.4, 0.5) is 4.79 Å². The molecule has 0 spiro atoms. The highest BCUT2D eigenvalue weighted by Gasteiger charge is 2.27. The second kappa shape index (κ2) is 9.58. The maximum absolute atomic E-state index is 12.6. The van der Waals surface area contributed by atoms with Crippen LogP contribution in [0.15, 0.2) is 64.5 Å². The molecule has 1 atom stereocenters. The molecule has 1 amide bonds. The Morgan fingerprint density at radius 3 is 2.46 bits per heavy atom. The normalized spacial score (nSPS) is 14.8. The summed E-state index contributed by atoms with van der Waals surface area (Å²) in [6.45, 7) is 5.56. The minimum absolute atomic E-state index is 0.150. The monoisotopic (exact) mass is 493 g/mol. The van der Waals surface area contributed by atoms with Crippen LogP contribution >= 0.6 is 11.6 Å². The maximum atomic E-state index is 12.6. The molecule has 2 aromatic carbocycles. The summed E-state index contributed by atoms with van der Waals surface area (Å²) in [6, 6.07) is 14.2. The van der Waals surface area contributed by atoms with Gasteiger partial charge in [-0.25, -0.2) is 4.79 Å². The van der Waals surface area contributed by atoms with Gasteiger partial charge in [0.15, 0.2) is 0 Å². The van der Waals surface area contributed by atoms with Crippen molar-refractivity contribution in [2.45, 2.75) is 32.4 Å². The molecular formula is C27H28ClN3O4. The van der Waals surface area contributed by atoms with Crippen molar-refractivity contribution >= 4 is 23.4 Å². The summed E-state index contributed by atoms with van der Waals surface area (Å²) < 4.78 is 12.5. The predicted octanol–water partition coefficient (Wildman–Crippen LogP) is 5.13. The summed E-state index contributed by atoms with van der Waals surface area (Å²) in [7, 11) is 3.33. The first-order chi connectivity index (χ1) is 16.6. The molecule has 1 N–H and O–H groups in total. The van der Waals surface area contributed by atoms with E-state index in [1.807, 2.05) is 36.5 Å². The molecule has 1 aromatic heterocycles. The Labute approximate surface area is 209 Å². The van der Waals surface area contributed by atoms with Crippen LogP contribution in [-0.4, -0.2) is 35.6 Å². The van der Waals surface area contributed by atoms with Crippen molar-refractivity contribution in [1.29, 1.82) is 0 Å². The Hall–Kier alpha value is -3.58. The quantitative estimate of drug-likeness (QED) is 0.546. The molecule has 7 nitrogen and oxygen atoms in total. The predicted molar refractivity (Wildman–Crippen MR) is 138 cm³/mol. The fourth-order valence-corrected chi connectivity index (χ4v) is 4.13. The Morgan fingerprint density at radius 1 is 1.09 bits per heavy atom. The molecule has 8 heteroatoms. The van der Waals surface area contributed by atoms with E-state index < -0.39 is 17.7 Å². The van der Waals surface area contributed by atoms with Gasteiger partial charge >= 0.3 is 6.09 Å². The smallest absolute Gasteiger partial charge is 0.407 e. The van der Waals surface area contributed by atoms with E-state index in [2.05, 4.69) is 5.32 Å². The minimum atomic E-state index is -0.633.